The minimum Gasteiger partial charge on any atom is -0.473 e. The molecular weight excluding hydrogens is 343 g/mol. The van der Waals surface area contributed by atoms with Crippen molar-refractivity contribution < 1.29 is 4.74 Å². The Hall–Kier alpha value is -2.07. The highest BCUT2D eigenvalue weighted by Gasteiger charge is 2.04. The van der Waals surface area contributed by atoms with Gasteiger partial charge in [0.25, 0.3) is 0 Å². The number of pyridine rings is 1. The van der Waals surface area contributed by atoms with Gasteiger partial charge in [0.05, 0.1) is 0 Å². The Morgan fingerprint density at radius 1 is 0.917 bits per heavy atom. The van der Waals surface area contributed by atoms with Crippen LogP contribution in [-0.4, -0.2) is 4.98 Å². The molecule has 0 unspecified atom stereocenters. The Morgan fingerprint density at radius 3 is 2.38 bits per heavy atom. The van der Waals surface area contributed by atoms with Crippen molar-refractivity contribution in [1.29, 1.82) is 0 Å². The standard InChI is InChI=1S/C19H17ClN2O.ClH/c20-18-9-15(11-21)8-17(10-18)16-6-7-19(22-12-16)23-13-14-4-2-1-3-5-14;/h1-10,12H,11,13,21H2;1H. The molecular formula is C19H18Cl2N2O. The van der Waals surface area contributed by atoms with E-state index in [1.165, 1.54) is 0 Å². The van der Waals surface area contributed by atoms with Gasteiger partial charge in [-0.2, -0.15) is 0 Å². The highest BCUT2D eigenvalue weighted by Crippen LogP contribution is 2.25. The normalized spacial score (nSPS) is 10.1. The van der Waals surface area contributed by atoms with Crippen molar-refractivity contribution >= 4 is 24.0 Å². The van der Waals surface area contributed by atoms with E-state index in [0.717, 1.165) is 22.3 Å². The third-order valence-corrected chi connectivity index (χ3v) is 3.71. The second-order valence-electron chi connectivity index (χ2n) is 5.21. The molecule has 0 radical (unpaired) electrons. The number of hydrogen-bond donors (Lipinski definition) is 1. The molecule has 3 aromatic rings. The van der Waals surface area contributed by atoms with E-state index in [2.05, 4.69) is 4.98 Å². The van der Waals surface area contributed by atoms with Gasteiger partial charge in [0.2, 0.25) is 5.88 Å². The fourth-order valence-electron chi connectivity index (χ4n) is 2.30. The molecule has 1 aromatic heterocycles. The van der Waals surface area contributed by atoms with E-state index in [1.54, 1.807) is 6.20 Å². The van der Waals surface area contributed by atoms with Gasteiger partial charge < -0.3 is 10.5 Å². The first kappa shape index (κ1) is 18.3. The largest absolute Gasteiger partial charge is 0.473 e. The molecule has 3 nitrogen and oxygen atoms in total. The predicted octanol–water partition coefficient (Wildman–Crippen LogP) is 4.86. The molecule has 0 atom stereocenters. The molecule has 2 aromatic carbocycles. The lowest BCUT2D eigenvalue weighted by molar-refractivity contribution is 0.294. The zero-order valence-corrected chi connectivity index (χ0v) is 14.6. The summed E-state index contributed by atoms with van der Waals surface area (Å²) in [6.07, 6.45) is 1.78. The number of nitrogens with zero attached hydrogens (tertiary/aromatic N) is 1. The van der Waals surface area contributed by atoms with Crippen LogP contribution in [0.2, 0.25) is 5.02 Å². The maximum Gasteiger partial charge on any atom is 0.213 e. The third-order valence-electron chi connectivity index (χ3n) is 3.49. The van der Waals surface area contributed by atoms with E-state index in [4.69, 9.17) is 22.1 Å². The Kier molecular flexibility index (Phi) is 6.62. The second-order valence-corrected chi connectivity index (χ2v) is 5.65. The fraction of sp³-hybridized carbons (Fsp3) is 0.105. The molecule has 2 N–H and O–H groups in total. The van der Waals surface area contributed by atoms with Crippen molar-refractivity contribution in [2.24, 2.45) is 5.73 Å². The highest BCUT2D eigenvalue weighted by atomic mass is 35.5. The van der Waals surface area contributed by atoms with Gasteiger partial charge in [-0.3, -0.25) is 0 Å². The minimum atomic E-state index is 0. The molecule has 24 heavy (non-hydrogen) atoms. The van der Waals surface area contributed by atoms with E-state index in [-0.39, 0.29) is 12.4 Å². The van der Waals surface area contributed by atoms with E-state index in [9.17, 15) is 0 Å². The lowest BCUT2D eigenvalue weighted by Crippen LogP contribution is -1.98. The summed E-state index contributed by atoms with van der Waals surface area (Å²) in [5.41, 5.74) is 9.78. The molecule has 0 aliphatic carbocycles. The summed E-state index contributed by atoms with van der Waals surface area (Å²) in [5.74, 6) is 0.596. The molecule has 1 heterocycles. The van der Waals surface area contributed by atoms with Crippen molar-refractivity contribution in [2.45, 2.75) is 13.2 Å². The van der Waals surface area contributed by atoms with Crippen LogP contribution in [0.25, 0.3) is 11.1 Å². The lowest BCUT2D eigenvalue weighted by Gasteiger charge is -2.08. The zero-order chi connectivity index (χ0) is 16.1. The molecule has 0 spiro atoms. The first-order valence-corrected chi connectivity index (χ1v) is 7.75. The summed E-state index contributed by atoms with van der Waals surface area (Å²) in [7, 11) is 0. The van der Waals surface area contributed by atoms with Crippen LogP contribution in [0.15, 0.2) is 66.9 Å². The highest BCUT2D eigenvalue weighted by molar-refractivity contribution is 6.31. The SMILES string of the molecule is Cl.NCc1cc(Cl)cc(-c2ccc(OCc3ccccc3)nc2)c1. The van der Waals surface area contributed by atoms with E-state index in [0.29, 0.717) is 24.1 Å². The van der Waals surface area contributed by atoms with E-state index in [1.807, 2.05) is 60.7 Å². The first-order valence-electron chi connectivity index (χ1n) is 7.37. The van der Waals surface area contributed by atoms with Gasteiger partial charge in [-0.05, 0) is 41.0 Å². The van der Waals surface area contributed by atoms with Crippen molar-refractivity contribution in [3.8, 4) is 17.0 Å². The van der Waals surface area contributed by atoms with Gasteiger partial charge in [0.15, 0.2) is 0 Å². The summed E-state index contributed by atoms with van der Waals surface area (Å²) in [6.45, 7) is 0.959. The van der Waals surface area contributed by atoms with Crippen LogP contribution in [0.3, 0.4) is 0 Å². The number of ether oxygens (including phenoxy) is 1. The lowest BCUT2D eigenvalue weighted by atomic mass is 10.0. The summed E-state index contributed by atoms with van der Waals surface area (Å²) in [6, 6.07) is 19.6. The minimum absolute atomic E-state index is 0. The van der Waals surface area contributed by atoms with Crippen LogP contribution in [-0.2, 0) is 13.2 Å². The molecule has 0 saturated carbocycles. The monoisotopic (exact) mass is 360 g/mol. The Labute approximate surface area is 152 Å². The van der Waals surface area contributed by atoms with Gasteiger partial charge in [-0.15, -0.1) is 12.4 Å². The summed E-state index contributed by atoms with van der Waals surface area (Å²) >= 11 is 6.13. The van der Waals surface area contributed by atoms with Crippen molar-refractivity contribution in [3.05, 3.63) is 83.0 Å². The molecule has 5 heteroatoms. The van der Waals surface area contributed by atoms with Crippen LogP contribution < -0.4 is 10.5 Å². The summed E-state index contributed by atoms with van der Waals surface area (Å²) in [5, 5.41) is 0.673. The van der Waals surface area contributed by atoms with Gasteiger partial charge in [-0.25, -0.2) is 4.98 Å². The average molecular weight is 361 g/mol. The number of benzene rings is 2. The van der Waals surface area contributed by atoms with Gasteiger partial charge in [-0.1, -0.05) is 41.9 Å². The fourth-order valence-corrected chi connectivity index (χ4v) is 2.56. The summed E-state index contributed by atoms with van der Waals surface area (Å²) in [4.78, 5) is 4.36. The zero-order valence-electron chi connectivity index (χ0n) is 13.0. The topological polar surface area (TPSA) is 48.1 Å². The van der Waals surface area contributed by atoms with Crippen LogP contribution >= 0.6 is 24.0 Å². The van der Waals surface area contributed by atoms with Crippen LogP contribution in [0.5, 0.6) is 5.88 Å². The van der Waals surface area contributed by atoms with Crippen molar-refractivity contribution in [1.82, 2.24) is 4.98 Å². The van der Waals surface area contributed by atoms with Crippen LogP contribution in [0, 0.1) is 0 Å². The predicted molar refractivity (Wildman–Crippen MR) is 101 cm³/mol. The number of rotatable bonds is 5. The van der Waals surface area contributed by atoms with Crippen LogP contribution in [0.1, 0.15) is 11.1 Å². The Balaban J connectivity index is 0.00000208. The van der Waals surface area contributed by atoms with Gasteiger partial charge in [0.1, 0.15) is 6.61 Å². The third kappa shape index (κ3) is 4.71. The van der Waals surface area contributed by atoms with Crippen molar-refractivity contribution in [3.63, 3.8) is 0 Å². The maximum atomic E-state index is 6.13. The molecule has 0 saturated heterocycles. The maximum absolute atomic E-state index is 6.13. The molecule has 0 amide bonds. The number of nitrogens with two attached hydrogens (primary N) is 1. The molecule has 0 aliphatic rings. The molecule has 0 fully saturated rings. The first-order chi connectivity index (χ1) is 11.2. The second kappa shape index (κ2) is 8.69. The molecule has 0 aliphatic heterocycles. The van der Waals surface area contributed by atoms with Gasteiger partial charge in [0, 0.05) is 29.4 Å². The molecule has 0 bridgehead atoms. The average Bonchev–Trinajstić information content (AvgIpc) is 2.60. The Bertz CT molecular complexity index is 777. The van der Waals surface area contributed by atoms with Crippen molar-refractivity contribution in [2.75, 3.05) is 0 Å². The van der Waals surface area contributed by atoms with Gasteiger partial charge >= 0.3 is 0 Å². The number of halogens is 2. The van der Waals surface area contributed by atoms with E-state index >= 15 is 0 Å². The van der Waals surface area contributed by atoms with E-state index < -0.39 is 0 Å². The van der Waals surface area contributed by atoms with Crippen LogP contribution in [0.4, 0.5) is 0 Å². The number of aromatic nitrogens is 1. The quantitative estimate of drug-likeness (QED) is 0.706. The summed E-state index contributed by atoms with van der Waals surface area (Å²) < 4.78 is 5.69. The smallest absolute Gasteiger partial charge is 0.213 e. The molecule has 3 rings (SSSR count). The Morgan fingerprint density at radius 2 is 1.71 bits per heavy atom. The number of hydrogen-bond acceptors (Lipinski definition) is 3. The molecule has 124 valence electrons.